The van der Waals surface area contributed by atoms with Gasteiger partial charge in [-0.2, -0.15) is 0 Å². The first kappa shape index (κ1) is 15.2. The van der Waals surface area contributed by atoms with Gasteiger partial charge in [0, 0.05) is 6.07 Å². The van der Waals surface area contributed by atoms with Crippen LogP contribution in [0, 0.1) is 0 Å². The average Bonchev–Trinajstić information content (AvgIpc) is 2.72. The highest BCUT2D eigenvalue weighted by atomic mass is 32.2. The van der Waals surface area contributed by atoms with Crippen molar-refractivity contribution >= 4 is 34.6 Å². The highest BCUT2D eigenvalue weighted by molar-refractivity contribution is 8.15. The SMILES string of the molecule is COc1ccc(N2C(=O)SC(CC(=O)O)C2=O)c(OC)c1. The molecule has 1 heterocycles. The lowest BCUT2D eigenvalue weighted by Gasteiger charge is -2.17. The van der Waals surface area contributed by atoms with Crippen molar-refractivity contribution in [3.8, 4) is 11.5 Å². The van der Waals surface area contributed by atoms with Crippen LogP contribution in [0.2, 0.25) is 0 Å². The number of carbonyl (C=O) groups is 3. The van der Waals surface area contributed by atoms with Crippen LogP contribution >= 0.6 is 11.8 Å². The summed E-state index contributed by atoms with van der Waals surface area (Å²) >= 11 is 0.704. The minimum atomic E-state index is -1.13. The molecule has 1 aromatic carbocycles. The molecule has 1 unspecified atom stereocenters. The molecule has 21 heavy (non-hydrogen) atoms. The standard InChI is InChI=1S/C13H13NO6S/c1-19-7-3-4-8(9(5-7)20-2)14-12(17)10(6-11(15)16)21-13(14)18/h3-5,10H,6H2,1-2H3,(H,15,16). The van der Waals surface area contributed by atoms with Gasteiger partial charge in [0.1, 0.15) is 16.7 Å². The van der Waals surface area contributed by atoms with E-state index >= 15 is 0 Å². The molecule has 0 spiro atoms. The molecular weight excluding hydrogens is 298 g/mol. The van der Waals surface area contributed by atoms with E-state index in [1.165, 1.54) is 20.3 Å². The van der Waals surface area contributed by atoms with E-state index in [0.717, 1.165) is 4.90 Å². The van der Waals surface area contributed by atoms with E-state index in [-0.39, 0.29) is 5.69 Å². The fourth-order valence-corrected chi connectivity index (χ4v) is 2.90. The van der Waals surface area contributed by atoms with Gasteiger partial charge in [-0.25, -0.2) is 4.90 Å². The van der Waals surface area contributed by atoms with Gasteiger partial charge in [0.05, 0.1) is 26.3 Å². The molecule has 0 bridgehead atoms. The van der Waals surface area contributed by atoms with Crippen LogP contribution in [0.25, 0.3) is 0 Å². The number of thioether (sulfide) groups is 1. The number of hydrogen-bond acceptors (Lipinski definition) is 6. The van der Waals surface area contributed by atoms with Gasteiger partial charge in [0.15, 0.2) is 0 Å². The van der Waals surface area contributed by atoms with Crippen LogP contribution in [0.5, 0.6) is 11.5 Å². The monoisotopic (exact) mass is 311 g/mol. The predicted octanol–water partition coefficient (Wildman–Crippen LogP) is 1.75. The Kier molecular flexibility index (Phi) is 4.37. The van der Waals surface area contributed by atoms with Crippen molar-refractivity contribution in [3.05, 3.63) is 18.2 Å². The molecule has 0 aliphatic carbocycles. The number of amides is 2. The normalized spacial score (nSPS) is 18.0. The van der Waals surface area contributed by atoms with Gasteiger partial charge in [0.25, 0.3) is 5.24 Å². The molecule has 1 atom stereocenters. The van der Waals surface area contributed by atoms with Crippen LogP contribution in [0.3, 0.4) is 0 Å². The van der Waals surface area contributed by atoms with Crippen LogP contribution in [0.15, 0.2) is 18.2 Å². The van der Waals surface area contributed by atoms with Gasteiger partial charge < -0.3 is 14.6 Å². The number of ether oxygens (including phenoxy) is 2. The zero-order valence-electron chi connectivity index (χ0n) is 11.4. The lowest BCUT2D eigenvalue weighted by Crippen LogP contribution is -2.32. The Hall–Kier alpha value is -2.22. The fourth-order valence-electron chi connectivity index (χ4n) is 1.93. The van der Waals surface area contributed by atoms with Crippen LogP contribution in [0.1, 0.15) is 6.42 Å². The lowest BCUT2D eigenvalue weighted by atomic mass is 10.2. The summed E-state index contributed by atoms with van der Waals surface area (Å²) in [5.41, 5.74) is 0.272. The number of benzene rings is 1. The molecule has 0 radical (unpaired) electrons. The number of carboxylic acid groups (broad SMARTS) is 1. The van der Waals surface area contributed by atoms with Crippen LogP contribution in [-0.4, -0.2) is 41.7 Å². The number of hydrogen-bond donors (Lipinski definition) is 1. The molecule has 2 rings (SSSR count). The van der Waals surface area contributed by atoms with Gasteiger partial charge in [-0.05, 0) is 23.9 Å². The number of nitrogens with zero attached hydrogens (tertiary/aromatic N) is 1. The molecule has 1 fully saturated rings. The van der Waals surface area contributed by atoms with E-state index in [4.69, 9.17) is 14.6 Å². The molecule has 8 heteroatoms. The Labute approximate surface area is 124 Å². The molecule has 1 N–H and O–H groups in total. The Bertz CT molecular complexity index is 602. The highest BCUT2D eigenvalue weighted by Gasteiger charge is 2.42. The molecular formula is C13H13NO6S. The molecule has 1 aromatic rings. The Morgan fingerprint density at radius 3 is 2.62 bits per heavy atom. The molecule has 1 aliphatic heterocycles. The summed E-state index contributed by atoms with van der Waals surface area (Å²) in [5.74, 6) is -0.870. The average molecular weight is 311 g/mol. The number of methoxy groups -OCH3 is 2. The van der Waals surface area contributed by atoms with Crippen molar-refractivity contribution in [2.24, 2.45) is 0 Å². The van der Waals surface area contributed by atoms with Crippen molar-refractivity contribution in [1.82, 2.24) is 0 Å². The second-order valence-electron chi connectivity index (χ2n) is 4.18. The quantitative estimate of drug-likeness (QED) is 0.885. The largest absolute Gasteiger partial charge is 0.497 e. The van der Waals surface area contributed by atoms with Gasteiger partial charge >= 0.3 is 5.97 Å². The van der Waals surface area contributed by atoms with E-state index in [1.807, 2.05) is 0 Å². The molecule has 2 amide bonds. The first-order valence-electron chi connectivity index (χ1n) is 5.96. The third-order valence-electron chi connectivity index (χ3n) is 2.91. The zero-order valence-corrected chi connectivity index (χ0v) is 12.2. The molecule has 1 saturated heterocycles. The summed E-state index contributed by atoms with van der Waals surface area (Å²) in [4.78, 5) is 35.9. The fraction of sp³-hybridized carbons (Fsp3) is 0.308. The van der Waals surface area contributed by atoms with E-state index in [0.29, 0.717) is 23.3 Å². The van der Waals surface area contributed by atoms with Gasteiger partial charge in [-0.15, -0.1) is 0 Å². The first-order chi connectivity index (χ1) is 9.97. The Balaban J connectivity index is 2.35. The molecule has 0 saturated carbocycles. The second-order valence-corrected chi connectivity index (χ2v) is 5.34. The van der Waals surface area contributed by atoms with Crippen molar-refractivity contribution in [3.63, 3.8) is 0 Å². The first-order valence-corrected chi connectivity index (χ1v) is 6.84. The number of rotatable bonds is 5. The maximum Gasteiger partial charge on any atom is 0.305 e. The number of anilines is 1. The molecule has 1 aliphatic rings. The molecule has 0 aromatic heterocycles. The summed E-state index contributed by atoms with van der Waals surface area (Å²) in [5, 5.41) is 7.33. The van der Waals surface area contributed by atoms with Crippen molar-refractivity contribution in [2.45, 2.75) is 11.7 Å². The van der Waals surface area contributed by atoms with Crippen LogP contribution in [-0.2, 0) is 9.59 Å². The van der Waals surface area contributed by atoms with Crippen LogP contribution < -0.4 is 14.4 Å². The summed E-state index contributed by atoms with van der Waals surface area (Å²) in [6.45, 7) is 0. The van der Waals surface area contributed by atoms with Gasteiger partial charge in [-0.3, -0.25) is 14.4 Å². The number of carboxylic acids is 1. The van der Waals surface area contributed by atoms with E-state index < -0.39 is 28.8 Å². The predicted molar refractivity (Wildman–Crippen MR) is 76.1 cm³/mol. The maximum atomic E-state index is 12.2. The van der Waals surface area contributed by atoms with Crippen LogP contribution in [0.4, 0.5) is 10.5 Å². The summed E-state index contributed by atoms with van der Waals surface area (Å²) < 4.78 is 10.2. The molecule has 7 nitrogen and oxygen atoms in total. The summed E-state index contributed by atoms with van der Waals surface area (Å²) in [6, 6.07) is 4.66. The third kappa shape index (κ3) is 2.94. The smallest absolute Gasteiger partial charge is 0.305 e. The minimum Gasteiger partial charge on any atom is -0.497 e. The Morgan fingerprint density at radius 1 is 1.33 bits per heavy atom. The summed E-state index contributed by atoms with van der Waals surface area (Å²) in [7, 11) is 2.89. The molecule has 112 valence electrons. The summed E-state index contributed by atoms with van der Waals surface area (Å²) in [6.07, 6.45) is -0.399. The van der Waals surface area contributed by atoms with E-state index in [2.05, 4.69) is 0 Å². The Morgan fingerprint density at radius 2 is 2.05 bits per heavy atom. The third-order valence-corrected chi connectivity index (χ3v) is 3.95. The van der Waals surface area contributed by atoms with Crippen molar-refractivity contribution < 1.29 is 29.0 Å². The van der Waals surface area contributed by atoms with Crippen molar-refractivity contribution in [2.75, 3.05) is 19.1 Å². The number of aliphatic carboxylic acids is 1. The van der Waals surface area contributed by atoms with Crippen molar-refractivity contribution in [1.29, 1.82) is 0 Å². The minimum absolute atomic E-state index is 0.272. The maximum absolute atomic E-state index is 12.2. The second kappa shape index (κ2) is 6.04. The highest BCUT2D eigenvalue weighted by Crippen LogP contribution is 2.39. The van der Waals surface area contributed by atoms with E-state index in [9.17, 15) is 14.4 Å². The number of carbonyl (C=O) groups excluding carboxylic acids is 2. The van der Waals surface area contributed by atoms with Gasteiger partial charge in [0.2, 0.25) is 5.91 Å². The number of imide groups is 1. The lowest BCUT2D eigenvalue weighted by molar-refractivity contribution is -0.138. The van der Waals surface area contributed by atoms with E-state index in [1.54, 1.807) is 12.1 Å². The topological polar surface area (TPSA) is 93.1 Å². The zero-order chi connectivity index (χ0) is 15.6. The van der Waals surface area contributed by atoms with Gasteiger partial charge in [-0.1, -0.05) is 0 Å².